The summed E-state index contributed by atoms with van der Waals surface area (Å²) in [5.41, 5.74) is -1.30. The normalized spacial score (nSPS) is 15.2. The van der Waals surface area contributed by atoms with Gasteiger partial charge in [-0.25, -0.2) is 13.1 Å². The van der Waals surface area contributed by atoms with Crippen molar-refractivity contribution in [3.05, 3.63) is 27.6 Å². The number of halogens is 1. The van der Waals surface area contributed by atoms with Crippen molar-refractivity contribution < 1.29 is 13.5 Å². The van der Waals surface area contributed by atoms with E-state index in [1.165, 1.54) is 0 Å². The summed E-state index contributed by atoms with van der Waals surface area (Å²) in [5, 5.41) is 8.79. The van der Waals surface area contributed by atoms with E-state index in [4.69, 9.17) is 16.7 Å². The van der Waals surface area contributed by atoms with Crippen molar-refractivity contribution >= 4 is 21.6 Å². The number of rotatable bonds is 6. The number of aliphatic hydroxyl groups is 1. The van der Waals surface area contributed by atoms with Crippen LogP contribution in [0.5, 0.6) is 0 Å². The summed E-state index contributed by atoms with van der Waals surface area (Å²) in [4.78, 5) is 13.2. The molecule has 1 aromatic rings. The molecule has 1 aromatic heterocycles. The van der Waals surface area contributed by atoms with Gasteiger partial charge in [0.1, 0.15) is 5.02 Å². The van der Waals surface area contributed by atoms with Gasteiger partial charge in [0.05, 0.1) is 4.90 Å². The maximum absolute atomic E-state index is 12.2. The van der Waals surface area contributed by atoms with Crippen LogP contribution in [0.15, 0.2) is 22.0 Å². The molecule has 8 heteroatoms. The Kier molecular flexibility index (Phi) is 5.14. The SMILES string of the molecule is CCC(C)(CCO)NS(=O)(=O)c1c[nH]c(=O)c(Cl)c1. The number of nitrogens with one attached hydrogen (secondary N) is 2. The summed E-state index contributed by atoms with van der Waals surface area (Å²) >= 11 is 5.61. The third kappa shape index (κ3) is 4.04. The molecule has 0 fully saturated rings. The first kappa shape index (κ1) is 16.2. The van der Waals surface area contributed by atoms with Crippen LogP contribution in [0, 0.1) is 0 Å². The third-order valence-corrected chi connectivity index (χ3v) is 4.86. The number of pyridine rings is 1. The highest BCUT2D eigenvalue weighted by Gasteiger charge is 2.29. The Morgan fingerprint density at radius 2 is 2.16 bits per heavy atom. The van der Waals surface area contributed by atoms with Gasteiger partial charge in [0.25, 0.3) is 5.56 Å². The summed E-state index contributed by atoms with van der Waals surface area (Å²) in [6.07, 6.45) is 1.90. The summed E-state index contributed by atoms with van der Waals surface area (Å²) in [7, 11) is -3.81. The topological polar surface area (TPSA) is 99.3 Å². The lowest BCUT2D eigenvalue weighted by Gasteiger charge is -2.28. The van der Waals surface area contributed by atoms with Gasteiger partial charge in [0.15, 0.2) is 0 Å². The lowest BCUT2D eigenvalue weighted by Crippen LogP contribution is -2.46. The zero-order valence-corrected chi connectivity index (χ0v) is 12.3. The Labute approximate surface area is 116 Å². The first-order valence-corrected chi connectivity index (χ1v) is 7.63. The predicted molar refractivity (Wildman–Crippen MR) is 72.8 cm³/mol. The van der Waals surface area contributed by atoms with Crippen molar-refractivity contribution in [2.45, 2.75) is 37.1 Å². The van der Waals surface area contributed by atoms with E-state index >= 15 is 0 Å². The molecule has 0 aliphatic heterocycles. The first-order chi connectivity index (χ1) is 8.74. The molecule has 108 valence electrons. The standard InChI is InChI=1S/C11H17ClN2O4S/c1-3-11(2,4-5-15)14-19(17,18)8-6-9(12)10(16)13-7-8/h6-7,14-15H,3-5H2,1-2H3,(H,13,16). The molecule has 0 spiro atoms. The van der Waals surface area contributed by atoms with Gasteiger partial charge >= 0.3 is 0 Å². The monoisotopic (exact) mass is 308 g/mol. The molecule has 19 heavy (non-hydrogen) atoms. The largest absolute Gasteiger partial charge is 0.396 e. The van der Waals surface area contributed by atoms with E-state index in [0.717, 1.165) is 12.3 Å². The van der Waals surface area contributed by atoms with Crippen molar-refractivity contribution in [2.24, 2.45) is 0 Å². The first-order valence-electron chi connectivity index (χ1n) is 5.77. The highest BCUT2D eigenvalue weighted by molar-refractivity contribution is 7.89. The van der Waals surface area contributed by atoms with Crippen molar-refractivity contribution in [1.82, 2.24) is 9.71 Å². The molecule has 1 heterocycles. The molecule has 3 N–H and O–H groups in total. The van der Waals surface area contributed by atoms with Crippen LogP contribution in [0.1, 0.15) is 26.7 Å². The van der Waals surface area contributed by atoms with Crippen LogP contribution < -0.4 is 10.3 Å². The van der Waals surface area contributed by atoms with E-state index in [-0.39, 0.29) is 16.5 Å². The zero-order chi connectivity index (χ0) is 14.7. The average Bonchev–Trinajstić information content (AvgIpc) is 2.32. The molecule has 0 aromatic carbocycles. The third-order valence-electron chi connectivity index (χ3n) is 2.97. The van der Waals surface area contributed by atoms with Crippen LogP contribution in [0.4, 0.5) is 0 Å². The fourth-order valence-electron chi connectivity index (χ4n) is 1.52. The molecular formula is C11H17ClN2O4S. The van der Waals surface area contributed by atoms with E-state index in [1.54, 1.807) is 6.92 Å². The predicted octanol–water partition coefficient (Wildman–Crippen LogP) is 0.858. The second kappa shape index (κ2) is 6.04. The van der Waals surface area contributed by atoms with E-state index in [1.807, 2.05) is 6.92 Å². The quantitative estimate of drug-likeness (QED) is 0.725. The van der Waals surface area contributed by atoms with Crippen LogP contribution in [0.25, 0.3) is 0 Å². The smallest absolute Gasteiger partial charge is 0.266 e. The molecule has 0 saturated heterocycles. The fourth-order valence-corrected chi connectivity index (χ4v) is 3.26. The molecule has 1 unspecified atom stereocenters. The van der Waals surface area contributed by atoms with Crippen molar-refractivity contribution in [3.63, 3.8) is 0 Å². The van der Waals surface area contributed by atoms with Crippen LogP contribution in [0.2, 0.25) is 5.02 Å². The van der Waals surface area contributed by atoms with Crippen molar-refractivity contribution in [2.75, 3.05) is 6.61 Å². The van der Waals surface area contributed by atoms with Crippen LogP contribution in [-0.4, -0.2) is 30.7 Å². The van der Waals surface area contributed by atoms with E-state index in [2.05, 4.69) is 9.71 Å². The number of hydrogen-bond acceptors (Lipinski definition) is 4. The number of H-pyrrole nitrogens is 1. The Morgan fingerprint density at radius 1 is 1.53 bits per heavy atom. The molecule has 0 aliphatic rings. The maximum atomic E-state index is 12.2. The Morgan fingerprint density at radius 3 is 2.63 bits per heavy atom. The van der Waals surface area contributed by atoms with Gasteiger partial charge in [-0.1, -0.05) is 18.5 Å². The minimum atomic E-state index is -3.81. The number of hydrogen-bond donors (Lipinski definition) is 3. The van der Waals surface area contributed by atoms with Gasteiger partial charge in [-0.15, -0.1) is 0 Å². The van der Waals surface area contributed by atoms with Gasteiger partial charge < -0.3 is 10.1 Å². The van der Waals surface area contributed by atoms with Gasteiger partial charge in [-0.2, -0.15) is 0 Å². The van der Waals surface area contributed by atoms with Crippen LogP contribution in [-0.2, 0) is 10.0 Å². The highest BCUT2D eigenvalue weighted by Crippen LogP contribution is 2.19. The molecule has 6 nitrogen and oxygen atoms in total. The zero-order valence-electron chi connectivity index (χ0n) is 10.7. The van der Waals surface area contributed by atoms with Crippen molar-refractivity contribution in [1.29, 1.82) is 0 Å². The number of aromatic amines is 1. The van der Waals surface area contributed by atoms with E-state index in [0.29, 0.717) is 12.8 Å². The van der Waals surface area contributed by atoms with Crippen LogP contribution >= 0.6 is 11.6 Å². The minimum Gasteiger partial charge on any atom is -0.396 e. The summed E-state index contributed by atoms with van der Waals surface area (Å²) in [6.45, 7) is 3.39. The highest BCUT2D eigenvalue weighted by atomic mass is 35.5. The average molecular weight is 309 g/mol. The van der Waals surface area contributed by atoms with Gasteiger partial charge in [-0.05, 0) is 25.8 Å². The summed E-state index contributed by atoms with van der Waals surface area (Å²) in [6, 6.07) is 1.09. The van der Waals surface area contributed by atoms with Gasteiger partial charge in [0.2, 0.25) is 10.0 Å². The summed E-state index contributed by atoms with van der Waals surface area (Å²) < 4.78 is 26.9. The van der Waals surface area contributed by atoms with Crippen molar-refractivity contribution in [3.8, 4) is 0 Å². The fraction of sp³-hybridized carbons (Fsp3) is 0.545. The van der Waals surface area contributed by atoms with Crippen LogP contribution in [0.3, 0.4) is 0 Å². The number of aliphatic hydroxyl groups excluding tert-OH is 1. The van der Waals surface area contributed by atoms with E-state index < -0.39 is 21.1 Å². The Balaban J connectivity index is 3.10. The number of aromatic nitrogens is 1. The Hall–Kier alpha value is -0.890. The maximum Gasteiger partial charge on any atom is 0.266 e. The lowest BCUT2D eigenvalue weighted by atomic mass is 9.97. The molecule has 0 aliphatic carbocycles. The molecular weight excluding hydrogens is 292 g/mol. The molecule has 0 amide bonds. The lowest BCUT2D eigenvalue weighted by molar-refractivity contribution is 0.233. The molecule has 0 radical (unpaired) electrons. The molecule has 1 atom stereocenters. The molecule has 1 rings (SSSR count). The number of sulfonamides is 1. The Bertz CT molecular complexity index is 599. The molecule has 0 saturated carbocycles. The van der Waals surface area contributed by atoms with E-state index in [9.17, 15) is 13.2 Å². The molecule has 0 bridgehead atoms. The van der Waals surface area contributed by atoms with Gasteiger partial charge in [0, 0.05) is 18.3 Å². The second-order valence-corrected chi connectivity index (χ2v) is 6.60. The second-order valence-electron chi connectivity index (χ2n) is 4.51. The minimum absolute atomic E-state index is 0.116. The van der Waals surface area contributed by atoms with Gasteiger partial charge in [-0.3, -0.25) is 4.79 Å². The summed E-state index contributed by atoms with van der Waals surface area (Å²) in [5.74, 6) is 0.